The van der Waals surface area contributed by atoms with Crippen molar-refractivity contribution in [3.8, 4) is 0 Å². The minimum absolute atomic E-state index is 0.309. The smallest absolute Gasteiger partial charge is 0.303 e. The van der Waals surface area contributed by atoms with Crippen LogP contribution in [0.5, 0.6) is 0 Å². The minimum Gasteiger partial charge on any atom is -0.481 e. The van der Waals surface area contributed by atoms with Crippen LogP contribution in [0.4, 0.5) is 0 Å². The molecule has 0 fully saturated rings. The summed E-state index contributed by atoms with van der Waals surface area (Å²) in [5.74, 6) is -0.686. The summed E-state index contributed by atoms with van der Waals surface area (Å²) >= 11 is 4.45. The quantitative estimate of drug-likeness (QED) is 0.264. The molecule has 0 atom stereocenters. The van der Waals surface area contributed by atoms with Crippen molar-refractivity contribution in [2.45, 2.75) is 51.4 Å². The van der Waals surface area contributed by atoms with E-state index in [0.717, 1.165) is 25.7 Å². The van der Waals surface area contributed by atoms with Gasteiger partial charge >= 0.3 is 5.97 Å². The summed E-state index contributed by atoms with van der Waals surface area (Å²) in [6.45, 7) is 0.638. The molecule has 0 saturated heterocycles. The lowest BCUT2D eigenvalue weighted by molar-refractivity contribution is -0.137. The molecule has 96 valence electrons. The van der Waals surface area contributed by atoms with Gasteiger partial charge in [0.1, 0.15) is 0 Å². The van der Waals surface area contributed by atoms with Gasteiger partial charge in [0, 0.05) is 6.42 Å². The summed E-state index contributed by atoms with van der Waals surface area (Å²) < 4.78 is 0. The van der Waals surface area contributed by atoms with Crippen molar-refractivity contribution in [1.82, 2.24) is 0 Å². The van der Waals surface area contributed by atoms with Gasteiger partial charge in [0.2, 0.25) is 0 Å². The van der Waals surface area contributed by atoms with Crippen LogP contribution in [-0.2, 0) is 4.79 Å². The molecule has 0 saturated carbocycles. The highest BCUT2D eigenvalue weighted by Gasteiger charge is 1.95. The van der Waals surface area contributed by atoms with Gasteiger partial charge in [-0.1, -0.05) is 37.8 Å². The number of allylic oxidation sites excluding steroid dienone is 1. The van der Waals surface area contributed by atoms with E-state index in [0.29, 0.717) is 13.0 Å². The summed E-state index contributed by atoms with van der Waals surface area (Å²) in [6, 6.07) is 0. The summed E-state index contributed by atoms with van der Waals surface area (Å²) in [5.41, 5.74) is 0. The Kier molecular flexibility index (Phi) is 12.3. The van der Waals surface area contributed by atoms with Crippen molar-refractivity contribution >= 4 is 23.3 Å². The van der Waals surface area contributed by atoms with Crippen LogP contribution in [0, 0.1) is 0 Å². The predicted molar refractivity (Wildman–Crippen MR) is 73.6 cm³/mol. The molecular weight excluding hydrogens is 234 g/mol. The maximum absolute atomic E-state index is 10.3. The number of unbranched alkanes of at least 4 members (excludes halogenated alkanes) is 6. The molecule has 0 aromatic carbocycles. The van der Waals surface area contributed by atoms with Gasteiger partial charge in [-0.3, -0.25) is 4.79 Å². The van der Waals surface area contributed by atoms with E-state index in [9.17, 15) is 4.79 Å². The molecule has 0 unspecified atom stereocenters. The number of thiocarbonyl (C=S) groups is 1. The van der Waals surface area contributed by atoms with Crippen LogP contribution in [0.25, 0.3) is 0 Å². The molecule has 0 radical (unpaired) electrons. The van der Waals surface area contributed by atoms with E-state index in [2.05, 4.69) is 28.4 Å². The number of aliphatic carboxylic acids is 1. The van der Waals surface area contributed by atoms with Crippen molar-refractivity contribution in [3.05, 3.63) is 12.2 Å². The number of carbonyl (C=O) groups is 1. The Morgan fingerprint density at radius 3 is 2.41 bits per heavy atom. The van der Waals surface area contributed by atoms with Gasteiger partial charge in [-0.05, 0) is 31.5 Å². The number of carboxylic acid groups (broad SMARTS) is 1. The first kappa shape index (κ1) is 16.0. The molecule has 0 aliphatic heterocycles. The standard InChI is InChI=1S/C13H21NO2S/c15-13(16)10-8-6-4-2-1-3-5-7-9-11-14-12-17/h7,9H,1-6,8,10-11H2,(H,15,16)/b9-7+. The van der Waals surface area contributed by atoms with Gasteiger partial charge in [-0.15, -0.1) is 0 Å². The summed E-state index contributed by atoms with van der Waals surface area (Å²) in [5, 5.41) is 10.8. The van der Waals surface area contributed by atoms with Gasteiger partial charge in [-0.2, -0.15) is 0 Å². The third kappa shape index (κ3) is 15.0. The van der Waals surface area contributed by atoms with Crippen LogP contribution in [0.1, 0.15) is 51.4 Å². The first-order valence-corrected chi connectivity index (χ1v) is 6.58. The fourth-order valence-corrected chi connectivity index (χ4v) is 1.60. The van der Waals surface area contributed by atoms with E-state index in [1.54, 1.807) is 0 Å². The molecule has 0 heterocycles. The lowest BCUT2D eigenvalue weighted by Crippen LogP contribution is -1.93. The number of hydrogen-bond donors (Lipinski definition) is 1. The zero-order valence-corrected chi connectivity index (χ0v) is 11.0. The Bertz CT molecular complexity index is 271. The first-order chi connectivity index (χ1) is 8.27. The molecule has 3 nitrogen and oxygen atoms in total. The summed E-state index contributed by atoms with van der Waals surface area (Å²) in [6.07, 6.45) is 12.1. The second kappa shape index (κ2) is 13.1. The highest BCUT2D eigenvalue weighted by Crippen LogP contribution is 2.08. The van der Waals surface area contributed by atoms with Crippen LogP contribution in [0.3, 0.4) is 0 Å². The van der Waals surface area contributed by atoms with Gasteiger partial charge < -0.3 is 5.11 Å². The number of nitrogens with zero attached hydrogens (tertiary/aromatic N) is 1. The van der Waals surface area contributed by atoms with E-state index in [-0.39, 0.29) is 0 Å². The Morgan fingerprint density at radius 2 is 1.76 bits per heavy atom. The van der Waals surface area contributed by atoms with Crippen molar-refractivity contribution in [1.29, 1.82) is 0 Å². The van der Waals surface area contributed by atoms with Crippen LogP contribution < -0.4 is 0 Å². The molecular formula is C13H21NO2S. The topological polar surface area (TPSA) is 49.7 Å². The lowest BCUT2D eigenvalue weighted by Gasteiger charge is -1.99. The highest BCUT2D eigenvalue weighted by atomic mass is 32.1. The maximum Gasteiger partial charge on any atom is 0.303 e. The Balaban J connectivity index is 3.10. The summed E-state index contributed by atoms with van der Waals surface area (Å²) in [7, 11) is 0. The molecule has 1 N–H and O–H groups in total. The molecule has 0 aromatic rings. The second-order valence-electron chi connectivity index (χ2n) is 3.96. The molecule has 0 rings (SSSR count). The zero-order chi connectivity index (χ0) is 12.8. The Morgan fingerprint density at radius 1 is 1.12 bits per heavy atom. The molecule has 0 aromatic heterocycles. The Labute approximate surface area is 109 Å². The van der Waals surface area contributed by atoms with Gasteiger partial charge in [0.25, 0.3) is 0 Å². The van der Waals surface area contributed by atoms with Gasteiger partial charge in [0.05, 0.1) is 11.7 Å². The number of rotatable bonds is 11. The number of isothiocyanates is 1. The fraction of sp³-hybridized carbons (Fsp3) is 0.692. The molecule has 0 aliphatic rings. The van der Waals surface area contributed by atoms with E-state index in [1.807, 2.05) is 6.08 Å². The molecule has 17 heavy (non-hydrogen) atoms. The normalized spacial score (nSPS) is 10.4. The third-order valence-corrected chi connectivity index (χ3v) is 2.57. The average Bonchev–Trinajstić information content (AvgIpc) is 2.30. The van der Waals surface area contributed by atoms with E-state index in [1.165, 1.54) is 19.3 Å². The fourth-order valence-electron chi connectivity index (χ4n) is 1.53. The largest absolute Gasteiger partial charge is 0.481 e. The maximum atomic E-state index is 10.3. The Hall–Kier alpha value is -0.990. The van der Waals surface area contributed by atoms with E-state index in [4.69, 9.17) is 5.11 Å². The van der Waals surface area contributed by atoms with Crippen LogP contribution in [0.2, 0.25) is 0 Å². The van der Waals surface area contributed by atoms with Crippen molar-refractivity contribution in [2.75, 3.05) is 6.54 Å². The summed E-state index contributed by atoms with van der Waals surface area (Å²) in [4.78, 5) is 14.0. The van der Waals surface area contributed by atoms with Crippen LogP contribution in [0.15, 0.2) is 17.1 Å². The van der Waals surface area contributed by atoms with E-state index >= 15 is 0 Å². The van der Waals surface area contributed by atoms with Crippen molar-refractivity contribution in [2.24, 2.45) is 4.99 Å². The number of hydrogen-bond acceptors (Lipinski definition) is 3. The zero-order valence-electron chi connectivity index (χ0n) is 10.2. The average molecular weight is 255 g/mol. The number of carboxylic acids is 1. The minimum atomic E-state index is -0.686. The highest BCUT2D eigenvalue weighted by molar-refractivity contribution is 7.78. The molecule has 0 bridgehead atoms. The molecule has 0 spiro atoms. The molecule has 4 heteroatoms. The van der Waals surface area contributed by atoms with E-state index < -0.39 is 5.97 Å². The first-order valence-electron chi connectivity index (χ1n) is 6.18. The molecule has 0 amide bonds. The van der Waals surface area contributed by atoms with Gasteiger partial charge in [-0.25, -0.2) is 4.99 Å². The molecule has 0 aliphatic carbocycles. The van der Waals surface area contributed by atoms with Crippen LogP contribution >= 0.6 is 12.2 Å². The van der Waals surface area contributed by atoms with Crippen LogP contribution in [-0.4, -0.2) is 22.8 Å². The SMILES string of the molecule is O=C(O)CCCCCCCC/C=C/CN=C=S. The third-order valence-electron chi connectivity index (χ3n) is 2.44. The second-order valence-corrected chi connectivity index (χ2v) is 4.14. The van der Waals surface area contributed by atoms with Crippen molar-refractivity contribution in [3.63, 3.8) is 0 Å². The lowest BCUT2D eigenvalue weighted by atomic mass is 10.1. The monoisotopic (exact) mass is 255 g/mol. The number of aliphatic imine (C=N–C) groups is 1. The van der Waals surface area contributed by atoms with Gasteiger partial charge in [0.15, 0.2) is 0 Å². The van der Waals surface area contributed by atoms with Crippen molar-refractivity contribution < 1.29 is 9.90 Å². The predicted octanol–water partition coefficient (Wildman–Crippen LogP) is 3.85.